The third kappa shape index (κ3) is 4.63. The van der Waals surface area contributed by atoms with Gasteiger partial charge in [-0.15, -0.1) is 0 Å². The molecule has 3 heterocycles. The number of aliphatic hydroxyl groups is 1. The minimum absolute atomic E-state index is 0.0531. The lowest BCUT2D eigenvalue weighted by Crippen LogP contribution is -2.39. The number of rotatable bonds is 6. The second-order valence-corrected chi connectivity index (χ2v) is 8.00. The molecular formula is C23H24ClN3O4. The highest BCUT2D eigenvalue weighted by atomic mass is 35.5. The van der Waals surface area contributed by atoms with Crippen LogP contribution in [0.3, 0.4) is 0 Å². The van der Waals surface area contributed by atoms with Crippen LogP contribution in [0, 0.1) is 0 Å². The lowest BCUT2D eigenvalue weighted by molar-refractivity contribution is -0.140. The van der Waals surface area contributed by atoms with Gasteiger partial charge in [-0.05, 0) is 42.8 Å². The average Bonchev–Trinajstić information content (AvgIpc) is 3.05. The molecule has 2 aliphatic rings. The van der Waals surface area contributed by atoms with Crippen LogP contribution in [0.1, 0.15) is 23.7 Å². The largest absolute Gasteiger partial charge is 0.507 e. The summed E-state index contributed by atoms with van der Waals surface area (Å²) in [5.74, 6) is -1.54. The number of aliphatic hydroxyl groups excluding tert-OH is 1. The molecule has 0 spiro atoms. The summed E-state index contributed by atoms with van der Waals surface area (Å²) in [5.41, 5.74) is 1.03. The summed E-state index contributed by atoms with van der Waals surface area (Å²) in [6, 6.07) is 11.1. The fraction of sp³-hybridized carbons (Fsp3) is 0.348. The van der Waals surface area contributed by atoms with Crippen LogP contribution < -0.4 is 0 Å². The number of ether oxygens (including phenoxy) is 1. The van der Waals surface area contributed by atoms with Crippen molar-refractivity contribution < 1.29 is 19.4 Å². The first-order valence-corrected chi connectivity index (χ1v) is 10.7. The van der Waals surface area contributed by atoms with Crippen LogP contribution in [0.25, 0.3) is 5.76 Å². The predicted octanol–water partition coefficient (Wildman–Crippen LogP) is 2.88. The number of aromatic nitrogens is 1. The van der Waals surface area contributed by atoms with E-state index < -0.39 is 17.7 Å². The topological polar surface area (TPSA) is 83.0 Å². The maximum Gasteiger partial charge on any atom is 0.295 e. The first-order chi connectivity index (χ1) is 15.1. The lowest BCUT2D eigenvalue weighted by atomic mass is 9.98. The average molecular weight is 442 g/mol. The van der Waals surface area contributed by atoms with Gasteiger partial charge in [-0.2, -0.15) is 0 Å². The molecule has 1 aromatic heterocycles. The van der Waals surface area contributed by atoms with Gasteiger partial charge in [-0.25, -0.2) is 0 Å². The molecule has 0 unspecified atom stereocenters. The Morgan fingerprint density at radius 1 is 1.10 bits per heavy atom. The monoisotopic (exact) mass is 441 g/mol. The van der Waals surface area contributed by atoms with E-state index in [9.17, 15) is 14.7 Å². The Kier molecular flexibility index (Phi) is 6.65. The zero-order valence-electron chi connectivity index (χ0n) is 17.0. The molecule has 2 aromatic rings. The lowest BCUT2D eigenvalue weighted by Gasteiger charge is -2.28. The summed E-state index contributed by atoms with van der Waals surface area (Å²) in [4.78, 5) is 34.1. The molecule has 2 saturated heterocycles. The fourth-order valence-corrected chi connectivity index (χ4v) is 4.13. The minimum Gasteiger partial charge on any atom is -0.507 e. The number of Topliss-reactive ketones (excluding diaryl/α,β-unsaturated/α-hetero) is 1. The van der Waals surface area contributed by atoms with Gasteiger partial charge >= 0.3 is 0 Å². The molecule has 8 heteroatoms. The van der Waals surface area contributed by atoms with Gasteiger partial charge in [-0.1, -0.05) is 17.7 Å². The van der Waals surface area contributed by atoms with Crippen molar-refractivity contribution >= 4 is 29.1 Å². The fourth-order valence-electron chi connectivity index (χ4n) is 4.01. The maximum atomic E-state index is 13.0. The van der Waals surface area contributed by atoms with Crippen molar-refractivity contribution in [3.8, 4) is 0 Å². The van der Waals surface area contributed by atoms with E-state index in [0.717, 1.165) is 19.6 Å². The Labute approximate surface area is 185 Å². The molecule has 4 rings (SSSR count). The van der Waals surface area contributed by atoms with Crippen LogP contribution >= 0.6 is 11.6 Å². The Morgan fingerprint density at radius 3 is 2.52 bits per heavy atom. The highest BCUT2D eigenvalue weighted by molar-refractivity contribution is 6.46. The van der Waals surface area contributed by atoms with Gasteiger partial charge in [0.25, 0.3) is 11.7 Å². The molecular weight excluding hydrogens is 418 g/mol. The van der Waals surface area contributed by atoms with Crippen molar-refractivity contribution in [2.24, 2.45) is 0 Å². The number of halogens is 1. The highest BCUT2D eigenvalue weighted by Crippen LogP contribution is 2.38. The Balaban J connectivity index is 1.64. The SMILES string of the molecule is O=C1C(=O)N(CCCN2CCOCC2)[C@@H](c2ccccn2)C1=C(O)c1ccc(Cl)cc1. The van der Waals surface area contributed by atoms with Crippen LogP contribution in [0.15, 0.2) is 54.2 Å². The number of likely N-dealkylation sites (tertiary alicyclic amines) is 1. The van der Waals surface area contributed by atoms with E-state index in [2.05, 4.69) is 9.88 Å². The Hall–Kier alpha value is -2.74. The van der Waals surface area contributed by atoms with Crippen molar-refractivity contribution in [2.45, 2.75) is 12.5 Å². The third-order valence-corrected chi connectivity index (χ3v) is 5.85. The van der Waals surface area contributed by atoms with Gasteiger partial charge in [0.05, 0.1) is 24.5 Å². The molecule has 1 amide bonds. The second-order valence-electron chi connectivity index (χ2n) is 7.56. The number of benzene rings is 1. The van der Waals surface area contributed by atoms with Crippen molar-refractivity contribution in [1.82, 2.24) is 14.8 Å². The smallest absolute Gasteiger partial charge is 0.295 e. The molecule has 7 nitrogen and oxygen atoms in total. The number of pyridine rings is 1. The van der Waals surface area contributed by atoms with E-state index in [-0.39, 0.29) is 11.3 Å². The molecule has 0 radical (unpaired) electrons. The molecule has 0 aliphatic carbocycles. The van der Waals surface area contributed by atoms with Crippen molar-refractivity contribution in [1.29, 1.82) is 0 Å². The van der Waals surface area contributed by atoms with Crippen LogP contribution in [0.4, 0.5) is 0 Å². The van der Waals surface area contributed by atoms with Gasteiger partial charge in [0, 0.05) is 43.0 Å². The van der Waals surface area contributed by atoms with Crippen molar-refractivity contribution in [3.63, 3.8) is 0 Å². The van der Waals surface area contributed by atoms with Gasteiger partial charge in [0.1, 0.15) is 11.8 Å². The molecule has 31 heavy (non-hydrogen) atoms. The van der Waals surface area contributed by atoms with Gasteiger partial charge < -0.3 is 14.7 Å². The second kappa shape index (κ2) is 9.60. The first-order valence-electron chi connectivity index (χ1n) is 10.3. The molecule has 162 valence electrons. The number of nitrogens with zero attached hydrogens (tertiary/aromatic N) is 3. The summed E-state index contributed by atoms with van der Waals surface area (Å²) in [6.07, 6.45) is 2.32. The summed E-state index contributed by atoms with van der Waals surface area (Å²) >= 11 is 5.95. The van der Waals surface area contributed by atoms with Gasteiger partial charge in [0.15, 0.2) is 0 Å². The molecule has 2 aliphatic heterocycles. The molecule has 0 saturated carbocycles. The van der Waals surface area contributed by atoms with E-state index in [1.54, 1.807) is 48.7 Å². The number of ketones is 1. The summed E-state index contributed by atoms with van der Waals surface area (Å²) in [7, 11) is 0. The van der Waals surface area contributed by atoms with E-state index in [1.165, 1.54) is 4.90 Å². The summed E-state index contributed by atoms with van der Waals surface area (Å²) < 4.78 is 5.37. The number of hydrogen-bond acceptors (Lipinski definition) is 6. The van der Waals surface area contributed by atoms with Crippen LogP contribution in [-0.4, -0.2) is 71.0 Å². The van der Waals surface area contributed by atoms with E-state index >= 15 is 0 Å². The normalized spacial score (nSPS) is 21.6. The van der Waals surface area contributed by atoms with Crippen molar-refractivity contribution in [3.05, 3.63) is 70.5 Å². The van der Waals surface area contributed by atoms with E-state index in [1.807, 2.05) is 0 Å². The molecule has 1 N–H and O–H groups in total. The number of carbonyl (C=O) groups excluding carboxylic acids is 2. The Bertz CT molecular complexity index is 972. The molecule has 1 atom stereocenters. The van der Waals surface area contributed by atoms with Crippen LogP contribution in [-0.2, 0) is 14.3 Å². The van der Waals surface area contributed by atoms with E-state index in [4.69, 9.17) is 16.3 Å². The standard InChI is InChI=1S/C23H24ClN3O4/c24-17-7-5-16(6-8-17)21(28)19-20(18-4-1-2-9-25-18)27(23(30)22(19)29)11-3-10-26-12-14-31-15-13-26/h1-2,4-9,20,28H,3,10-15H2/t20-/m0/s1. The van der Waals surface area contributed by atoms with Gasteiger partial charge in [0.2, 0.25) is 0 Å². The zero-order chi connectivity index (χ0) is 21.8. The number of hydrogen-bond donors (Lipinski definition) is 1. The maximum absolute atomic E-state index is 13.0. The number of morpholine rings is 1. The van der Waals surface area contributed by atoms with Crippen molar-refractivity contribution in [2.75, 3.05) is 39.4 Å². The van der Waals surface area contributed by atoms with E-state index in [0.29, 0.717) is 42.5 Å². The first kappa shape index (κ1) is 21.5. The zero-order valence-corrected chi connectivity index (χ0v) is 17.8. The van der Waals surface area contributed by atoms with Crippen LogP contribution in [0.2, 0.25) is 5.02 Å². The molecule has 2 fully saturated rings. The predicted molar refractivity (Wildman–Crippen MR) is 117 cm³/mol. The summed E-state index contributed by atoms with van der Waals surface area (Å²) in [6.45, 7) is 4.33. The highest BCUT2D eigenvalue weighted by Gasteiger charge is 2.46. The quantitative estimate of drug-likeness (QED) is 0.421. The molecule has 0 bridgehead atoms. The van der Waals surface area contributed by atoms with Gasteiger partial charge in [-0.3, -0.25) is 19.5 Å². The van der Waals surface area contributed by atoms with Crippen LogP contribution in [0.5, 0.6) is 0 Å². The number of amides is 1. The third-order valence-electron chi connectivity index (χ3n) is 5.60. The number of carbonyl (C=O) groups is 2. The Morgan fingerprint density at radius 2 is 1.84 bits per heavy atom. The summed E-state index contributed by atoms with van der Waals surface area (Å²) in [5, 5.41) is 11.5. The molecule has 1 aromatic carbocycles. The minimum atomic E-state index is -0.735.